The summed E-state index contributed by atoms with van der Waals surface area (Å²) in [6.45, 7) is 1.73. The third-order valence-corrected chi connectivity index (χ3v) is 8.66. The fourth-order valence-electron chi connectivity index (χ4n) is 5.19. The summed E-state index contributed by atoms with van der Waals surface area (Å²) in [6.07, 6.45) is 13.3. The third kappa shape index (κ3) is 14.9. The Labute approximate surface area is 357 Å². The van der Waals surface area contributed by atoms with E-state index in [1.165, 1.54) is 48.5 Å². The molecule has 20 heteroatoms. The maximum Gasteiger partial charge on any atom is 0.488 e. The average Bonchev–Trinajstić information content (AvgIpc) is 3.27. The zero-order valence-corrected chi connectivity index (χ0v) is 33.7. The van der Waals surface area contributed by atoms with Gasteiger partial charge < -0.3 is 36.9 Å². The number of nitrogens with two attached hydrogens (primary N) is 2. The molecule has 8 N–H and O–H groups in total. The molecule has 0 saturated carbocycles. The van der Waals surface area contributed by atoms with Crippen molar-refractivity contribution in [2.24, 2.45) is 0 Å². The Bertz CT molecular complexity index is 2380. The van der Waals surface area contributed by atoms with Crippen LogP contribution < -0.4 is 32.3 Å². The SMILES string of the molecule is N#Cc1ncc(Nc2ncc(-c3ccc(F)cc3)cn2)cc1OC1CCCNC1.Nc1ncc(-c2ccc(F)cc2)cn1.Nc1ncc(Br)cn1.OB(O)c1ccc(F)cc1. The van der Waals surface area contributed by atoms with Crippen molar-refractivity contribution >= 4 is 52.0 Å². The smallest absolute Gasteiger partial charge is 0.486 e. The van der Waals surface area contributed by atoms with Crippen LogP contribution in [-0.2, 0) is 0 Å². The van der Waals surface area contributed by atoms with Crippen molar-refractivity contribution in [1.82, 2.24) is 40.2 Å². The van der Waals surface area contributed by atoms with E-state index in [9.17, 15) is 18.4 Å². The van der Waals surface area contributed by atoms with E-state index in [-0.39, 0.29) is 35.2 Å². The van der Waals surface area contributed by atoms with Crippen molar-refractivity contribution in [3.63, 3.8) is 0 Å². The molecule has 1 aliphatic heterocycles. The summed E-state index contributed by atoms with van der Waals surface area (Å²) in [5, 5.41) is 32.8. The summed E-state index contributed by atoms with van der Waals surface area (Å²) in [5.41, 5.74) is 15.0. The molecule has 8 rings (SSSR count). The predicted octanol–water partition coefficient (Wildman–Crippen LogP) is 5.62. The molecule has 1 aliphatic rings. The number of halogens is 4. The second-order valence-corrected chi connectivity index (χ2v) is 13.6. The number of nitrogen functional groups attached to an aromatic ring is 2. The number of rotatable bonds is 7. The molecule has 0 bridgehead atoms. The number of hydrogen-bond acceptors (Lipinski definition) is 15. The molecule has 1 unspecified atom stereocenters. The highest BCUT2D eigenvalue weighted by molar-refractivity contribution is 9.10. The Morgan fingerprint density at radius 2 is 1.20 bits per heavy atom. The Hall–Kier alpha value is -7.05. The number of nitriles is 1. The van der Waals surface area contributed by atoms with Gasteiger partial charge in [-0.3, -0.25) is 0 Å². The normalized spacial score (nSPS) is 12.7. The van der Waals surface area contributed by atoms with Crippen molar-refractivity contribution in [3.05, 3.63) is 150 Å². The number of benzene rings is 3. The molecule has 0 aliphatic carbocycles. The second-order valence-electron chi connectivity index (χ2n) is 12.7. The fourth-order valence-corrected chi connectivity index (χ4v) is 5.39. The standard InChI is InChI=1S/C21H19FN6O.C10H8FN3.C6H6BFO2.C4H4BrN3/c22-16-5-3-14(4-6-16)15-10-26-21(27-11-15)28-17-8-20(19(9-23)25-12-17)29-18-2-1-7-24-13-18;11-9-3-1-7(2-4-9)8-5-13-10(12)14-6-8;8-6-3-1-5(2-4-6)7(9)10;5-3-1-7-4(6)8-2-3/h3-6,8,10-12,18,24H,1-2,7,13H2,(H,26,27,28);1-6H,(H2,12,13,14);1-4,9-10H;1-2H,(H2,6,7,8). The first kappa shape index (κ1) is 45.0. The summed E-state index contributed by atoms with van der Waals surface area (Å²) in [7, 11) is -1.51. The van der Waals surface area contributed by atoms with Crippen molar-refractivity contribution in [3.8, 4) is 34.1 Å². The van der Waals surface area contributed by atoms with Crippen molar-refractivity contribution in [2.75, 3.05) is 29.9 Å². The lowest BCUT2D eigenvalue weighted by Gasteiger charge is -2.24. The third-order valence-electron chi connectivity index (χ3n) is 8.25. The van der Waals surface area contributed by atoms with E-state index < -0.39 is 7.12 Å². The van der Waals surface area contributed by atoms with Gasteiger partial charge in [-0.25, -0.2) is 48.1 Å². The Balaban J connectivity index is 0.000000181. The van der Waals surface area contributed by atoms with Crippen LogP contribution in [0.15, 0.2) is 127 Å². The molecular formula is C41H37BBrF3N12O3. The lowest BCUT2D eigenvalue weighted by Crippen LogP contribution is -2.37. The van der Waals surface area contributed by atoms with Crippen LogP contribution in [0.4, 0.5) is 36.7 Å². The molecule has 4 aromatic heterocycles. The van der Waals surface area contributed by atoms with Crippen LogP contribution in [0.3, 0.4) is 0 Å². The quantitative estimate of drug-likeness (QED) is 0.107. The van der Waals surface area contributed by atoms with E-state index in [1.807, 2.05) is 0 Å². The van der Waals surface area contributed by atoms with Crippen LogP contribution in [0.5, 0.6) is 5.75 Å². The zero-order chi connectivity index (χ0) is 43.6. The van der Waals surface area contributed by atoms with E-state index in [0.717, 1.165) is 52.7 Å². The molecule has 1 fully saturated rings. The maximum atomic E-state index is 13.1. The van der Waals surface area contributed by atoms with Crippen LogP contribution in [0.25, 0.3) is 22.3 Å². The summed E-state index contributed by atoms with van der Waals surface area (Å²) in [5.74, 6) is 0.420. The molecule has 1 atom stereocenters. The summed E-state index contributed by atoms with van der Waals surface area (Å²) >= 11 is 3.16. The van der Waals surface area contributed by atoms with Crippen LogP contribution in [0, 0.1) is 28.8 Å². The first-order valence-electron chi connectivity index (χ1n) is 18.3. The molecule has 310 valence electrons. The Kier molecular flexibility index (Phi) is 16.9. The summed E-state index contributed by atoms with van der Waals surface area (Å²) < 4.78 is 44.7. The predicted molar refractivity (Wildman–Crippen MR) is 228 cm³/mol. The minimum absolute atomic E-state index is 0.0131. The Morgan fingerprint density at radius 1 is 0.705 bits per heavy atom. The largest absolute Gasteiger partial charge is 0.488 e. The number of ether oxygens (including phenoxy) is 1. The van der Waals surface area contributed by atoms with E-state index in [1.54, 1.807) is 73.7 Å². The first-order chi connectivity index (χ1) is 29.4. The minimum Gasteiger partial charge on any atom is -0.486 e. The van der Waals surface area contributed by atoms with Gasteiger partial charge in [0, 0.05) is 60.9 Å². The van der Waals surface area contributed by atoms with E-state index in [4.69, 9.17) is 26.3 Å². The van der Waals surface area contributed by atoms with Crippen LogP contribution >= 0.6 is 15.9 Å². The molecule has 1 saturated heterocycles. The van der Waals surface area contributed by atoms with Gasteiger partial charge in [-0.15, -0.1) is 0 Å². The summed E-state index contributed by atoms with van der Waals surface area (Å²) in [6, 6.07) is 21.1. The van der Waals surface area contributed by atoms with E-state index in [0.29, 0.717) is 28.8 Å². The van der Waals surface area contributed by atoms with Crippen molar-refractivity contribution in [2.45, 2.75) is 18.9 Å². The van der Waals surface area contributed by atoms with Gasteiger partial charge in [-0.05, 0) is 88.3 Å². The lowest BCUT2D eigenvalue weighted by molar-refractivity contribution is 0.166. The van der Waals surface area contributed by atoms with Gasteiger partial charge in [0.05, 0.1) is 16.4 Å². The number of hydrogen-bond donors (Lipinski definition) is 6. The number of aromatic nitrogens is 7. The van der Waals surface area contributed by atoms with Crippen molar-refractivity contribution in [1.29, 1.82) is 5.26 Å². The number of nitrogens with zero attached hydrogens (tertiary/aromatic N) is 8. The van der Waals surface area contributed by atoms with Crippen molar-refractivity contribution < 1.29 is 28.0 Å². The van der Waals surface area contributed by atoms with Gasteiger partial charge >= 0.3 is 7.12 Å². The highest BCUT2D eigenvalue weighted by Crippen LogP contribution is 2.25. The fraction of sp³-hybridized carbons (Fsp3) is 0.122. The van der Waals surface area contributed by atoms with Gasteiger partial charge in [-0.1, -0.05) is 36.4 Å². The number of nitrogens with one attached hydrogen (secondary N) is 2. The van der Waals surface area contributed by atoms with Gasteiger partial charge in [0.15, 0.2) is 11.4 Å². The first-order valence-corrected chi connectivity index (χ1v) is 19.1. The number of piperidine rings is 1. The van der Waals surface area contributed by atoms with Crippen LogP contribution in [0.2, 0.25) is 0 Å². The molecule has 15 nitrogen and oxygen atoms in total. The molecule has 5 heterocycles. The molecule has 0 spiro atoms. The molecule has 0 amide bonds. The van der Waals surface area contributed by atoms with E-state index in [2.05, 4.69) is 67.5 Å². The summed E-state index contributed by atoms with van der Waals surface area (Å²) in [4.78, 5) is 27.9. The minimum atomic E-state index is -1.51. The van der Waals surface area contributed by atoms with Gasteiger partial charge in [0.2, 0.25) is 17.8 Å². The highest BCUT2D eigenvalue weighted by atomic mass is 79.9. The number of pyridine rings is 1. The zero-order valence-electron chi connectivity index (χ0n) is 32.1. The maximum absolute atomic E-state index is 13.1. The van der Waals surface area contributed by atoms with Crippen LogP contribution in [-0.4, -0.2) is 71.2 Å². The molecule has 61 heavy (non-hydrogen) atoms. The van der Waals surface area contributed by atoms with Crippen LogP contribution in [0.1, 0.15) is 18.5 Å². The van der Waals surface area contributed by atoms with Gasteiger partial charge in [-0.2, -0.15) is 5.26 Å². The van der Waals surface area contributed by atoms with Gasteiger partial charge in [0.25, 0.3) is 0 Å². The average molecular weight is 894 g/mol. The molecule has 0 radical (unpaired) electrons. The molecule has 7 aromatic rings. The Morgan fingerprint density at radius 3 is 1.66 bits per heavy atom. The molecular weight excluding hydrogens is 856 g/mol. The monoisotopic (exact) mass is 892 g/mol. The highest BCUT2D eigenvalue weighted by Gasteiger charge is 2.17. The lowest BCUT2D eigenvalue weighted by atomic mass is 9.80. The second kappa shape index (κ2) is 22.9. The van der Waals surface area contributed by atoms with Gasteiger partial charge in [0.1, 0.15) is 29.6 Å². The topological polar surface area (TPSA) is 240 Å². The molecule has 3 aromatic carbocycles. The number of anilines is 4. The van der Waals surface area contributed by atoms with E-state index >= 15 is 0 Å².